The number of nitrogens with two attached hydrogens (primary N) is 1. The van der Waals surface area contributed by atoms with Gasteiger partial charge >= 0.3 is 0 Å². The monoisotopic (exact) mass is 300 g/mol. The first kappa shape index (κ1) is 16.6. The van der Waals surface area contributed by atoms with Crippen molar-refractivity contribution < 1.29 is 9.57 Å². The molecule has 22 heavy (non-hydrogen) atoms. The van der Waals surface area contributed by atoms with Crippen LogP contribution in [0, 0.1) is 0 Å². The lowest BCUT2D eigenvalue weighted by Crippen LogP contribution is -2.43. The van der Waals surface area contributed by atoms with Gasteiger partial charge in [0.2, 0.25) is 0 Å². The Labute approximate surface area is 132 Å². The van der Waals surface area contributed by atoms with Crippen LogP contribution < -0.4 is 11.2 Å². The van der Waals surface area contributed by atoms with Gasteiger partial charge in [-0.05, 0) is 18.1 Å². The van der Waals surface area contributed by atoms with Gasteiger partial charge in [-0.2, -0.15) is 0 Å². The van der Waals surface area contributed by atoms with Crippen molar-refractivity contribution in [3.8, 4) is 0 Å². The molecule has 3 N–H and O–H groups in total. The van der Waals surface area contributed by atoms with E-state index in [-0.39, 0.29) is 12.1 Å². The lowest BCUT2D eigenvalue weighted by molar-refractivity contribution is -0.00369. The van der Waals surface area contributed by atoms with Crippen molar-refractivity contribution >= 4 is 0 Å². The molecule has 118 valence electrons. The van der Waals surface area contributed by atoms with Crippen molar-refractivity contribution in [1.29, 1.82) is 0 Å². The van der Waals surface area contributed by atoms with E-state index < -0.39 is 0 Å². The zero-order valence-corrected chi connectivity index (χ0v) is 12.9. The van der Waals surface area contributed by atoms with Gasteiger partial charge in [-0.25, -0.2) is 5.48 Å². The molecule has 0 bridgehead atoms. The number of hydroxylamine groups is 1. The fourth-order valence-corrected chi connectivity index (χ4v) is 1.96. The summed E-state index contributed by atoms with van der Waals surface area (Å²) in [6.07, 6.45) is -0.0481. The summed E-state index contributed by atoms with van der Waals surface area (Å²) in [5.74, 6) is 0. The van der Waals surface area contributed by atoms with E-state index >= 15 is 0 Å². The van der Waals surface area contributed by atoms with Crippen LogP contribution in [0.25, 0.3) is 0 Å². The van der Waals surface area contributed by atoms with Gasteiger partial charge in [0.05, 0.1) is 19.3 Å². The molecule has 0 spiro atoms. The van der Waals surface area contributed by atoms with Crippen molar-refractivity contribution in [1.82, 2.24) is 5.48 Å². The minimum Gasteiger partial charge on any atom is -0.372 e. The number of hydrogen-bond donors (Lipinski definition) is 2. The second-order valence-electron chi connectivity index (χ2n) is 5.29. The molecular weight excluding hydrogens is 276 g/mol. The van der Waals surface area contributed by atoms with E-state index in [1.54, 1.807) is 0 Å². The third-order valence-electron chi connectivity index (χ3n) is 3.46. The van der Waals surface area contributed by atoms with Crippen LogP contribution in [0.1, 0.15) is 18.1 Å². The van der Waals surface area contributed by atoms with Gasteiger partial charge in [0.1, 0.15) is 0 Å². The Morgan fingerprint density at radius 2 is 1.45 bits per heavy atom. The van der Waals surface area contributed by atoms with Crippen LogP contribution in [0.4, 0.5) is 0 Å². The van der Waals surface area contributed by atoms with Crippen molar-refractivity contribution in [3.63, 3.8) is 0 Å². The Morgan fingerprint density at radius 3 is 2.05 bits per heavy atom. The Morgan fingerprint density at radius 1 is 0.909 bits per heavy atom. The standard InChI is InChI=1S/C18H24N2O2/c1-15(21-13-16-8-4-2-5-9-16)18(19)12-20-22-14-17-10-6-3-7-11-17/h2-11,15,18,20H,12-14,19H2,1H3/t15-,18+/m1/s1. The van der Waals surface area contributed by atoms with Crippen molar-refractivity contribution in [2.45, 2.75) is 32.3 Å². The van der Waals surface area contributed by atoms with Crippen LogP contribution in [-0.2, 0) is 22.8 Å². The topological polar surface area (TPSA) is 56.5 Å². The Bertz CT molecular complexity index is 519. The zero-order valence-electron chi connectivity index (χ0n) is 12.9. The van der Waals surface area contributed by atoms with Gasteiger partial charge < -0.3 is 10.5 Å². The molecule has 0 radical (unpaired) electrons. The molecule has 0 amide bonds. The maximum absolute atomic E-state index is 6.09. The number of ether oxygens (including phenoxy) is 1. The van der Waals surface area contributed by atoms with E-state index in [0.29, 0.717) is 19.8 Å². The van der Waals surface area contributed by atoms with Gasteiger partial charge in [-0.3, -0.25) is 4.84 Å². The maximum atomic E-state index is 6.09. The normalized spacial score (nSPS) is 13.7. The maximum Gasteiger partial charge on any atom is 0.0933 e. The predicted molar refractivity (Wildman–Crippen MR) is 87.9 cm³/mol. The van der Waals surface area contributed by atoms with Gasteiger partial charge in [0.15, 0.2) is 0 Å². The third-order valence-corrected chi connectivity index (χ3v) is 3.46. The minimum absolute atomic E-state index is 0.0481. The second-order valence-corrected chi connectivity index (χ2v) is 5.29. The van der Waals surface area contributed by atoms with Crippen LogP contribution in [0.2, 0.25) is 0 Å². The molecule has 4 heteroatoms. The lowest BCUT2D eigenvalue weighted by atomic mass is 10.2. The molecule has 2 aromatic carbocycles. The minimum atomic E-state index is -0.125. The highest BCUT2D eigenvalue weighted by Gasteiger charge is 2.13. The van der Waals surface area contributed by atoms with Gasteiger partial charge in [-0.15, -0.1) is 0 Å². The summed E-state index contributed by atoms with van der Waals surface area (Å²) < 4.78 is 5.78. The first-order chi connectivity index (χ1) is 10.8. The molecule has 0 heterocycles. The average Bonchev–Trinajstić information content (AvgIpc) is 2.58. The lowest BCUT2D eigenvalue weighted by Gasteiger charge is -2.21. The van der Waals surface area contributed by atoms with Gasteiger partial charge in [-0.1, -0.05) is 60.7 Å². The van der Waals surface area contributed by atoms with Crippen molar-refractivity contribution in [2.24, 2.45) is 5.73 Å². The fraction of sp³-hybridized carbons (Fsp3) is 0.333. The molecule has 2 atom stereocenters. The van der Waals surface area contributed by atoms with Gasteiger partial charge in [0, 0.05) is 12.6 Å². The smallest absolute Gasteiger partial charge is 0.0933 e. The van der Waals surface area contributed by atoms with E-state index in [4.69, 9.17) is 15.3 Å². The molecular formula is C18H24N2O2. The van der Waals surface area contributed by atoms with E-state index in [1.807, 2.05) is 67.6 Å². The molecule has 0 unspecified atom stereocenters. The molecule has 0 aliphatic carbocycles. The summed E-state index contributed by atoms with van der Waals surface area (Å²) in [7, 11) is 0. The first-order valence-corrected chi connectivity index (χ1v) is 7.55. The molecule has 4 nitrogen and oxygen atoms in total. The summed E-state index contributed by atoms with van der Waals surface area (Å²) in [5.41, 5.74) is 11.3. The second kappa shape index (κ2) is 9.33. The molecule has 0 saturated heterocycles. The van der Waals surface area contributed by atoms with E-state index in [2.05, 4.69) is 5.48 Å². The van der Waals surface area contributed by atoms with Crippen molar-refractivity contribution in [2.75, 3.05) is 6.54 Å². The summed E-state index contributed by atoms with van der Waals surface area (Å²) in [5, 5.41) is 0. The highest BCUT2D eigenvalue weighted by atomic mass is 16.6. The summed E-state index contributed by atoms with van der Waals surface area (Å²) in [4.78, 5) is 5.42. The van der Waals surface area contributed by atoms with Crippen LogP contribution in [0.5, 0.6) is 0 Å². The Balaban J connectivity index is 1.61. The van der Waals surface area contributed by atoms with E-state index in [1.165, 1.54) is 0 Å². The predicted octanol–water partition coefficient (Wildman–Crippen LogP) is 2.64. The Kier molecular flexibility index (Phi) is 7.06. The van der Waals surface area contributed by atoms with E-state index in [9.17, 15) is 0 Å². The summed E-state index contributed by atoms with van der Waals surface area (Å²) in [6, 6.07) is 20.0. The van der Waals surface area contributed by atoms with Gasteiger partial charge in [0.25, 0.3) is 0 Å². The molecule has 0 aromatic heterocycles. The Hall–Kier alpha value is -1.72. The summed E-state index contributed by atoms with van der Waals surface area (Å²) >= 11 is 0. The van der Waals surface area contributed by atoms with Crippen LogP contribution >= 0.6 is 0 Å². The summed E-state index contributed by atoms with van der Waals surface area (Å²) in [6.45, 7) is 3.61. The van der Waals surface area contributed by atoms with Crippen molar-refractivity contribution in [3.05, 3.63) is 71.8 Å². The number of hydrogen-bond acceptors (Lipinski definition) is 4. The molecule has 2 aromatic rings. The highest BCUT2D eigenvalue weighted by Crippen LogP contribution is 2.05. The highest BCUT2D eigenvalue weighted by molar-refractivity contribution is 5.14. The number of rotatable bonds is 9. The van der Waals surface area contributed by atoms with E-state index in [0.717, 1.165) is 11.1 Å². The largest absolute Gasteiger partial charge is 0.372 e. The molecule has 0 aliphatic heterocycles. The number of benzene rings is 2. The fourth-order valence-electron chi connectivity index (χ4n) is 1.96. The third kappa shape index (κ3) is 5.95. The van der Waals surface area contributed by atoms with Crippen LogP contribution in [-0.4, -0.2) is 18.7 Å². The molecule has 0 fully saturated rings. The zero-order chi connectivity index (χ0) is 15.6. The molecule has 0 saturated carbocycles. The van der Waals surface area contributed by atoms with Crippen LogP contribution in [0.3, 0.4) is 0 Å². The first-order valence-electron chi connectivity index (χ1n) is 7.55. The molecule has 0 aliphatic rings. The quantitative estimate of drug-likeness (QED) is 0.552. The SMILES string of the molecule is C[C@@H](OCc1ccccc1)[C@@H](N)CNOCc1ccccc1. The number of nitrogens with one attached hydrogen (secondary N) is 1. The molecule has 2 rings (SSSR count). The average molecular weight is 300 g/mol. The van der Waals surface area contributed by atoms with Crippen LogP contribution in [0.15, 0.2) is 60.7 Å².